The molecular formula is C16H15N3O3. The van der Waals surface area contributed by atoms with Gasteiger partial charge in [0.1, 0.15) is 11.5 Å². The zero-order valence-electron chi connectivity index (χ0n) is 11.9. The summed E-state index contributed by atoms with van der Waals surface area (Å²) in [5.74, 6) is 0.220. The molecule has 0 heterocycles. The highest BCUT2D eigenvalue weighted by atomic mass is 16.5. The number of methoxy groups -OCH3 is 1. The summed E-state index contributed by atoms with van der Waals surface area (Å²) in [6, 6.07) is 13.5. The quantitative estimate of drug-likeness (QED) is 0.518. The Morgan fingerprint density at radius 1 is 0.909 bits per heavy atom. The molecule has 0 aliphatic heterocycles. The third-order valence-electron chi connectivity index (χ3n) is 2.71. The maximum atomic E-state index is 9.62. The van der Waals surface area contributed by atoms with Gasteiger partial charge in [-0.15, -0.1) is 0 Å². The molecule has 0 bridgehead atoms. The van der Waals surface area contributed by atoms with Crippen molar-refractivity contribution >= 4 is 18.5 Å². The molecule has 22 heavy (non-hydrogen) atoms. The van der Waals surface area contributed by atoms with Crippen LogP contribution in [-0.2, 0) is 4.74 Å². The summed E-state index contributed by atoms with van der Waals surface area (Å²) in [5.41, 5.74) is 1.07. The van der Waals surface area contributed by atoms with Crippen LogP contribution in [0, 0.1) is 0 Å². The van der Waals surface area contributed by atoms with Gasteiger partial charge in [-0.2, -0.15) is 5.10 Å². The molecule has 0 saturated heterocycles. The molecule has 0 aliphatic rings. The van der Waals surface area contributed by atoms with Gasteiger partial charge in [0.05, 0.1) is 13.3 Å². The molecule has 6 heteroatoms. The van der Waals surface area contributed by atoms with Crippen LogP contribution in [0.25, 0.3) is 0 Å². The van der Waals surface area contributed by atoms with Crippen molar-refractivity contribution in [3.05, 3.63) is 59.7 Å². The monoisotopic (exact) mass is 297 g/mol. The van der Waals surface area contributed by atoms with Gasteiger partial charge in [-0.25, -0.2) is 4.99 Å². The second-order valence-corrected chi connectivity index (χ2v) is 4.21. The standard InChI is InChI=1S/C16H15N3O3/c1-22-16(17-10-12-6-2-4-8-14(12)20)19-18-11-13-7-3-5-9-15(13)21/h2-11,20-21H,1H3. The molecule has 0 fully saturated rings. The number of amidine groups is 1. The first kappa shape index (κ1) is 15.2. The number of aromatic hydroxyl groups is 2. The number of phenolic OH excluding ortho intramolecular Hbond substituents is 2. The van der Waals surface area contributed by atoms with Gasteiger partial charge in [0.15, 0.2) is 0 Å². The van der Waals surface area contributed by atoms with E-state index < -0.39 is 0 Å². The third kappa shape index (κ3) is 4.17. The maximum absolute atomic E-state index is 9.62. The fourth-order valence-corrected chi connectivity index (χ4v) is 1.58. The highest BCUT2D eigenvalue weighted by Crippen LogP contribution is 2.13. The summed E-state index contributed by atoms with van der Waals surface area (Å²) in [6.07, 6.45) is 2.82. The highest BCUT2D eigenvalue weighted by Gasteiger charge is 1.98. The Bertz CT molecular complexity index is 724. The molecule has 2 aromatic carbocycles. The van der Waals surface area contributed by atoms with Crippen molar-refractivity contribution in [2.75, 3.05) is 7.11 Å². The minimum Gasteiger partial charge on any atom is -0.507 e. The zero-order chi connectivity index (χ0) is 15.8. The number of phenols is 2. The van der Waals surface area contributed by atoms with Gasteiger partial charge >= 0.3 is 6.02 Å². The van der Waals surface area contributed by atoms with Crippen molar-refractivity contribution in [1.29, 1.82) is 0 Å². The van der Waals surface area contributed by atoms with E-state index in [0.29, 0.717) is 11.1 Å². The van der Waals surface area contributed by atoms with E-state index in [1.165, 1.54) is 19.5 Å². The van der Waals surface area contributed by atoms with Crippen LogP contribution in [0.1, 0.15) is 11.1 Å². The van der Waals surface area contributed by atoms with Crippen LogP contribution < -0.4 is 0 Å². The predicted molar refractivity (Wildman–Crippen MR) is 85.8 cm³/mol. The molecule has 0 spiro atoms. The van der Waals surface area contributed by atoms with Gasteiger partial charge in [-0.1, -0.05) is 29.4 Å². The summed E-state index contributed by atoms with van der Waals surface area (Å²) in [4.78, 5) is 3.99. The molecule has 0 radical (unpaired) electrons. The fourth-order valence-electron chi connectivity index (χ4n) is 1.58. The second-order valence-electron chi connectivity index (χ2n) is 4.21. The molecule has 2 aromatic rings. The lowest BCUT2D eigenvalue weighted by Gasteiger charge is -1.98. The Kier molecular flexibility index (Phi) is 5.25. The van der Waals surface area contributed by atoms with Crippen molar-refractivity contribution in [1.82, 2.24) is 0 Å². The molecule has 6 nitrogen and oxygen atoms in total. The Balaban J connectivity index is 2.11. The molecule has 112 valence electrons. The summed E-state index contributed by atoms with van der Waals surface area (Å²) >= 11 is 0. The van der Waals surface area contributed by atoms with Crippen molar-refractivity contribution < 1.29 is 14.9 Å². The Labute approximate surface area is 127 Å². The molecule has 0 amide bonds. The van der Waals surface area contributed by atoms with Crippen LogP contribution in [-0.4, -0.2) is 35.8 Å². The van der Waals surface area contributed by atoms with E-state index >= 15 is 0 Å². The van der Waals surface area contributed by atoms with E-state index in [9.17, 15) is 10.2 Å². The minimum absolute atomic E-state index is 0.0231. The summed E-state index contributed by atoms with van der Waals surface area (Å²) < 4.78 is 4.97. The van der Waals surface area contributed by atoms with Crippen LogP contribution in [0.4, 0.5) is 0 Å². The van der Waals surface area contributed by atoms with Gasteiger partial charge in [-0.3, -0.25) is 0 Å². The fraction of sp³-hybridized carbons (Fsp3) is 0.0625. The number of nitrogens with zero attached hydrogens (tertiary/aromatic N) is 3. The first-order valence-electron chi connectivity index (χ1n) is 6.46. The van der Waals surface area contributed by atoms with Crippen LogP contribution in [0.3, 0.4) is 0 Å². The van der Waals surface area contributed by atoms with Crippen molar-refractivity contribution in [3.8, 4) is 11.5 Å². The third-order valence-corrected chi connectivity index (χ3v) is 2.71. The number of hydrogen-bond acceptors (Lipinski definition) is 5. The van der Waals surface area contributed by atoms with Gasteiger partial charge in [0.25, 0.3) is 0 Å². The SMILES string of the molecule is COC(N=Cc1ccccc1O)=NN=Cc1ccccc1O. The van der Waals surface area contributed by atoms with Gasteiger partial charge in [0, 0.05) is 17.3 Å². The Morgan fingerprint density at radius 3 is 2.00 bits per heavy atom. The molecule has 0 atom stereocenters. The highest BCUT2D eigenvalue weighted by molar-refractivity contribution is 5.93. The second kappa shape index (κ2) is 7.58. The van der Waals surface area contributed by atoms with E-state index in [2.05, 4.69) is 15.2 Å². The van der Waals surface area contributed by atoms with Gasteiger partial charge in [0.2, 0.25) is 0 Å². The summed E-state index contributed by atoms with van der Waals surface area (Å²) in [7, 11) is 1.41. The van der Waals surface area contributed by atoms with E-state index in [1.54, 1.807) is 48.5 Å². The zero-order valence-corrected chi connectivity index (χ0v) is 11.9. The lowest BCUT2D eigenvalue weighted by atomic mass is 10.2. The number of benzene rings is 2. The first-order valence-corrected chi connectivity index (χ1v) is 6.46. The largest absolute Gasteiger partial charge is 0.507 e. The average Bonchev–Trinajstić information content (AvgIpc) is 2.54. The number of para-hydroxylation sites is 2. The number of aliphatic imine (C=N–C) groups is 1. The normalized spacial score (nSPS) is 12.1. The first-order chi connectivity index (χ1) is 10.7. The Morgan fingerprint density at radius 2 is 1.45 bits per heavy atom. The van der Waals surface area contributed by atoms with Crippen LogP contribution in [0.2, 0.25) is 0 Å². The van der Waals surface area contributed by atoms with Crippen LogP contribution >= 0.6 is 0 Å². The number of ether oxygens (including phenoxy) is 1. The smallest absolute Gasteiger partial charge is 0.335 e. The number of rotatable bonds is 3. The summed E-state index contributed by atoms with van der Waals surface area (Å²) in [6.45, 7) is 0. The van der Waals surface area contributed by atoms with Crippen molar-refractivity contribution in [2.45, 2.75) is 0 Å². The molecule has 0 unspecified atom stereocenters. The molecule has 2 N–H and O–H groups in total. The summed E-state index contributed by atoms with van der Waals surface area (Å²) in [5, 5.41) is 26.8. The van der Waals surface area contributed by atoms with Crippen LogP contribution in [0.5, 0.6) is 11.5 Å². The maximum Gasteiger partial charge on any atom is 0.335 e. The van der Waals surface area contributed by atoms with E-state index in [4.69, 9.17) is 4.74 Å². The van der Waals surface area contributed by atoms with E-state index in [0.717, 1.165) is 0 Å². The molecule has 0 aromatic heterocycles. The van der Waals surface area contributed by atoms with Crippen LogP contribution in [0.15, 0.2) is 63.7 Å². The van der Waals surface area contributed by atoms with E-state index in [1.807, 2.05) is 0 Å². The van der Waals surface area contributed by atoms with Gasteiger partial charge in [-0.05, 0) is 24.3 Å². The Hall–Kier alpha value is -3.15. The van der Waals surface area contributed by atoms with E-state index in [-0.39, 0.29) is 17.5 Å². The van der Waals surface area contributed by atoms with Crippen molar-refractivity contribution in [2.24, 2.45) is 15.2 Å². The number of hydrogen-bond donors (Lipinski definition) is 2. The minimum atomic E-state index is 0.0231. The molecule has 2 rings (SSSR count). The predicted octanol–water partition coefficient (Wildman–Crippen LogP) is 2.55. The average molecular weight is 297 g/mol. The topological polar surface area (TPSA) is 86.8 Å². The lowest BCUT2D eigenvalue weighted by molar-refractivity contribution is 0.395. The van der Waals surface area contributed by atoms with Crippen molar-refractivity contribution in [3.63, 3.8) is 0 Å². The molecular weight excluding hydrogens is 282 g/mol. The lowest BCUT2D eigenvalue weighted by Crippen LogP contribution is -1.97. The van der Waals surface area contributed by atoms with Gasteiger partial charge < -0.3 is 14.9 Å². The molecule has 0 aliphatic carbocycles. The molecule has 0 saturated carbocycles.